The van der Waals surface area contributed by atoms with Crippen LogP contribution in [0.15, 0.2) is 30.6 Å². The average Bonchev–Trinajstić information content (AvgIpc) is 3.30. The number of imidazole rings is 1. The highest BCUT2D eigenvalue weighted by atomic mass is 16.5. The molecule has 2 aliphatic heterocycles. The number of nitrogens with zero attached hydrogens (tertiary/aromatic N) is 5. The van der Waals surface area contributed by atoms with Crippen LogP contribution < -0.4 is 15.5 Å². The van der Waals surface area contributed by atoms with Crippen molar-refractivity contribution in [2.75, 3.05) is 54.9 Å². The number of piperidine rings is 1. The fourth-order valence-corrected chi connectivity index (χ4v) is 4.40. The Bertz CT molecular complexity index is 1070. The number of hydrogen-bond donors (Lipinski definition) is 3. The Balaban J connectivity index is 1.31. The molecule has 1 aromatic carbocycles. The van der Waals surface area contributed by atoms with Crippen molar-refractivity contribution in [2.24, 2.45) is 0 Å². The number of benzene rings is 1. The molecule has 3 N–H and O–H groups in total. The minimum atomic E-state index is -0.0947. The van der Waals surface area contributed by atoms with Crippen molar-refractivity contribution < 1.29 is 9.53 Å². The van der Waals surface area contributed by atoms with Crippen LogP contribution in [-0.4, -0.2) is 76.2 Å². The quantitative estimate of drug-likeness (QED) is 0.559. The van der Waals surface area contributed by atoms with Crippen molar-refractivity contribution in [1.82, 2.24) is 24.8 Å². The third-order valence-corrected chi connectivity index (χ3v) is 6.05. The van der Waals surface area contributed by atoms with E-state index in [0.717, 1.165) is 69.1 Å². The zero-order valence-electron chi connectivity index (χ0n) is 18.2. The number of nitrogens with one attached hydrogen (secondary N) is 3. The summed E-state index contributed by atoms with van der Waals surface area (Å²) in [5.41, 5.74) is 3.03. The van der Waals surface area contributed by atoms with Crippen molar-refractivity contribution in [1.29, 1.82) is 0 Å². The molecule has 1 amide bonds. The first-order valence-corrected chi connectivity index (χ1v) is 11.1. The number of fused-ring (bicyclic) bond motifs is 1. The van der Waals surface area contributed by atoms with E-state index in [0.29, 0.717) is 23.5 Å². The van der Waals surface area contributed by atoms with Gasteiger partial charge >= 0.3 is 0 Å². The fraction of sp³-hybridized carbons (Fsp3) is 0.455. The zero-order valence-corrected chi connectivity index (χ0v) is 18.2. The molecule has 0 bridgehead atoms. The number of anilines is 4. The molecular weight excluding hydrogens is 408 g/mol. The highest BCUT2D eigenvalue weighted by molar-refractivity contribution is 5.89. The van der Waals surface area contributed by atoms with E-state index in [2.05, 4.69) is 30.4 Å². The summed E-state index contributed by atoms with van der Waals surface area (Å²) in [5, 5.41) is 6.14. The van der Waals surface area contributed by atoms with Gasteiger partial charge in [0.05, 0.1) is 19.5 Å². The van der Waals surface area contributed by atoms with E-state index in [4.69, 9.17) is 14.7 Å². The van der Waals surface area contributed by atoms with Gasteiger partial charge in [-0.25, -0.2) is 4.98 Å². The summed E-state index contributed by atoms with van der Waals surface area (Å²) in [6.45, 7) is 7.04. The van der Waals surface area contributed by atoms with Gasteiger partial charge in [0.15, 0.2) is 11.5 Å². The zero-order chi connectivity index (χ0) is 21.9. The van der Waals surface area contributed by atoms with Crippen LogP contribution in [0.5, 0.6) is 0 Å². The van der Waals surface area contributed by atoms with E-state index < -0.39 is 0 Å². The number of ether oxygens (including phenoxy) is 1. The van der Waals surface area contributed by atoms with Gasteiger partial charge in [0.2, 0.25) is 11.9 Å². The largest absolute Gasteiger partial charge is 0.379 e. The molecule has 0 atom stereocenters. The lowest BCUT2D eigenvalue weighted by Crippen LogP contribution is -2.49. The predicted molar refractivity (Wildman–Crippen MR) is 123 cm³/mol. The van der Waals surface area contributed by atoms with Crippen molar-refractivity contribution in [3.05, 3.63) is 30.6 Å². The molecule has 32 heavy (non-hydrogen) atoms. The van der Waals surface area contributed by atoms with E-state index in [9.17, 15) is 4.79 Å². The van der Waals surface area contributed by atoms with Crippen molar-refractivity contribution >= 4 is 40.2 Å². The Morgan fingerprint density at radius 2 is 1.78 bits per heavy atom. The number of carbonyl (C=O) groups excluding carboxylic acids is 1. The second-order valence-electron chi connectivity index (χ2n) is 8.22. The molecule has 0 saturated carbocycles. The summed E-state index contributed by atoms with van der Waals surface area (Å²) < 4.78 is 5.49. The van der Waals surface area contributed by atoms with Gasteiger partial charge < -0.3 is 25.3 Å². The summed E-state index contributed by atoms with van der Waals surface area (Å²) in [7, 11) is 0. The van der Waals surface area contributed by atoms with Gasteiger partial charge in [-0.3, -0.25) is 9.69 Å². The first kappa shape index (κ1) is 20.7. The molecule has 3 aromatic rings. The molecule has 10 heteroatoms. The monoisotopic (exact) mass is 436 g/mol. The lowest BCUT2D eigenvalue weighted by atomic mass is 10.0. The average molecular weight is 437 g/mol. The predicted octanol–water partition coefficient (Wildman–Crippen LogP) is 2.36. The van der Waals surface area contributed by atoms with Crippen LogP contribution in [0.1, 0.15) is 19.8 Å². The number of rotatable bonds is 5. The molecule has 10 nitrogen and oxygen atoms in total. The lowest BCUT2D eigenvalue weighted by Gasteiger charge is -2.40. The Morgan fingerprint density at radius 3 is 2.50 bits per heavy atom. The Labute approximate surface area is 186 Å². The maximum Gasteiger partial charge on any atom is 0.229 e. The summed E-state index contributed by atoms with van der Waals surface area (Å²) in [4.78, 5) is 33.1. The molecule has 4 heterocycles. The molecule has 0 aliphatic carbocycles. The highest BCUT2D eigenvalue weighted by Crippen LogP contribution is 2.27. The van der Waals surface area contributed by atoms with E-state index in [1.54, 1.807) is 6.33 Å². The molecule has 2 aromatic heterocycles. The van der Waals surface area contributed by atoms with Crippen molar-refractivity contribution in [2.45, 2.75) is 25.8 Å². The Hall–Kier alpha value is -3.24. The maximum absolute atomic E-state index is 11.2. The van der Waals surface area contributed by atoms with Crippen LogP contribution in [0.3, 0.4) is 0 Å². The number of morpholine rings is 1. The topological polar surface area (TPSA) is 111 Å². The summed E-state index contributed by atoms with van der Waals surface area (Å²) in [6, 6.07) is 8.12. The minimum absolute atomic E-state index is 0.0947. The SMILES string of the molecule is CC(=O)Nc1ccc(Nc2nc(N3CCC(N4CCOCC4)CC3)nc3nc[nH]c23)cc1. The second kappa shape index (κ2) is 9.09. The van der Waals surface area contributed by atoms with Crippen LogP contribution in [0.4, 0.5) is 23.1 Å². The smallest absolute Gasteiger partial charge is 0.229 e. The molecule has 2 saturated heterocycles. The minimum Gasteiger partial charge on any atom is -0.379 e. The van der Waals surface area contributed by atoms with E-state index in [1.165, 1.54) is 6.92 Å². The van der Waals surface area contributed by atoms with Gasteiger partial charge in [-0.05, 0) is 37.1 Å². The van der Waals surface area contributed by atoms with Crippen molar-refractivity contribution in [3.8, 4) is 0 Å². The maximum atomic E-state index is 11.2. The third-order valence-electron chi connectivity index (χ3n) is 6.05. The molecule has 0 radical (unpaired) electrons. The van der Waals surface area contributed by atoms with E-state index in [-0.39, 0.29) is 5.91 Å². The molecule has 2 fully saturated rings. The molecule has 0 spiro atoms. The van der Waals surface area contributed by atoms with Crippen LogP contribution in [0.2, 0.25) is 0 Å². The molecule has 0 unspecified atom stereocenters. The first-order chi connectivity index (χ1) is 15.7. The molecular formula is C22H28N8O2. The van der Waals surface area contributed by atoms with Crippen LogP contribution in [-0.2, 0) is 9.53 Å². The fourth-order valence-electron chi connectivity index (χ4n) is 4.40. The number of hydrogen-bond acceptors (Lipinski definition) is 8. The van der Waals surface area contributed by atoms with E-state index in [1.807, 2.05) is 24.3 Å². The molecule has 5 rings (SSSR count). The van der Waals surface area contributed by atoms with Crippen LogP contribution in [0.25, 0.3) is 11.2 Å². The highest BCUT2D eigenvalue weighted by Gasteiger charge is 2.27. The number of amides is 1. The van der Waals surface area contributed by atoms with Gasteiger partial charge in [0, 0.05) is 50.5 Å². The van der Waals surface area contributed by atoms with Gasteiger partial charge in [-0.1, -0.05) is 0 Å². The third kappa shape index (κ3) is 4.51. The normalized spacial score (nSPS) is 18.1. The summed E-state index contributed by atoms with van der Waals surface area (Å²) in [5.74, 6) is 1.29. The number of aromatic amines is 1. The van der Waals surface area contributed by atoms with Gasteiger partial charge in [0.1, 0.15) is 5.52 Å². The summed E-state index contributed by atoms with van der Waals surface area (Å²) in [6.07, 6.45) is 3.82. The molecule has 2 aliphatic rings. The standard InChI is InChI=1S/C22H28N8O2/c1-15(31)25-16-2-4-17(5-3-16)26-21-19-20(24-14-23-19)27-22(28-21)30-8-6-18(7-9-30)29-10-12-32-13-11-29/h2-5,14,18H,6-13H2,1H3,(H,25,31)(H2,23,24,26,27,28). The second-order valence-corrected chi connectivity index (χ2v) is 8.22. The Morgan fingerprint density at radius 1 is 1.06 bits per heavy atom. The lowest BCUT2D eigenvalue weighted by molar-refractivity contribution is -0.114. The van der Waals surface area contributed by atoms with Crippen LogP contribution >= 0.6 is 0 Å². The van der Waals surface area contributed by atoms with Gasteiger partial charge in [0.25, 0.3) is 0 Å². The number of carbonyl (C=O) groups is 1. The summed E-state index contributed by atoms with van der Waals surface area (Å²) >= 11 is 0. The molecule has 168 valence electrons. The van der Waals surface area contributed by atoms with Crippen LogP contribution in [0, 0.1) is 0 Å². The van der Waals surface area contributed by atoms with E-state index >= 15 is 0 Å². The number of aromatic nitrogens is 4. The number of H-pyrrole nitrogens is 1. The Kier molecular flexibility index (Phi) is 5.87. The van der Waals surface area contributed by atoms with Crippen molar-refractivity contribution in [3.63, 3.8) is 0 Å². The first-order valence-electron chi connectivity index (χ1n) is 11.1. The van der Waals surface area contributed by atoms with Gasteiger partial charge in [-0.15, -0.1) is 0 Å². The van der Waals surface area contributed by atoms with Gasteiger partial charge in [-0.2, -0.15) is 9.97 Å².